The van der Waals surface area contributed by atoms with Crippen LogP contribution in [0.3, 0.4) is 0 Å². The number of anilines is 2. The highest BCUT2D eigenvalue weighted by Gasteiger charge is 2.09. The summed E-state index contributed by atoms with van der Waals surface area (Å²) in [6.07, 6.45) is 1.24. The van der Waals surface area contributed by atoms with Gasteiger partial charge in [0.1, 0.15) is 23.5 Å². The Morgan fingerprint density at radius 2 is 1.78 bits per heavy atom. The van der Waals surface area contributed by atoms with Gasteiger partial charge in [-0.3, -0.25) is 4.79 Å². The zero-order valence-corrected chi connectivity index (χ0v) is 11.9. The van der Waals surface area contributed by atoms with Gasteiger partial charge >= 0.3 is 0 Å². The number of hydrogen-bond donors (Lipinski definition) is 3. The number of carbonyl (C=O) groups excluding carboxylic acids is 1. The Bertz CT molecular complexity index is 827. The Morgan fingerprint density at radius 1 is 1.09 bits per heavy atom. The first kappa shape index (κ1) is 15.6. The molecule has 0 unspecified atom stereocenters. The van der Waals surface area contributed by atoms with Gasteiger partial charge in [-0.25, -0.2) is 0 Å². The van der Waals surface area contributed by atoms with E-state index in [2.05, 4.69) is 10.6 Å². The maximum absolute atomic E-state index is 12.0. The highest BCUT2D eigenvalue weighted by atomic mass is 16.3. The number of nitriles is 2. The van der Waals surface area contributed by atoms with Crippen LogP contribution in [0.1, 0.15) is 5.56 Å². The fourth-order valence-electron chi connectivity index (χ4n) is 1.75. The maximum atomic E-state index is 12.0. The standard InChI is InChI=1S/C17H12N4O2/c18-9-12-3-1-2-4-16(12)20-11-13(10-19)17(23)21-14-5-7-15(22)8-6-14/h1-8,11,20,22H,(H,21,23)/b13-11-. The monoisotopic (exact) mass is 304 g/mol. The summed E-state index contributed by atoms with van der Waals surface area (Å²) < 4.78 is 0. The molecule has 1 amide bonds. The van der Waals surface area contributed by atoms with Crippen molar-refractivity contribution in [2.75, 3.05) is 10.6 Å². The van der Waals surface area contributed by atoms with Gasteiger partial charge in [0.25, 0.3) is 5.91 Å². The highest BCUT2D eigenvalue weighted by Crippen LogP contribution is 2.16. The second-order valence-electron chi connectivity index (χ2n) is 4.47. The van der Waals surface area contributed by atoms with Crippen LogP contribution in [0.5, 0.6) is 5.75 Å². The number of phenolic OH excluding ortho intramolecular Hbond substituents is 1. The van der Waals surface area contributed by atoms with Crippen molar-refractivity contribution in [1.29, 1.82) is 10.5 Å². The normalized spacial score (nSPS) is 10.3. The van der Waals surface area contributed by atoms with Crippen LogP contribution >= 0.6 is 0 Å². The second kappa shape index (κ2) is 7.30. The van der Waals surface area contributed by atoms with Crippen molar-refractivity contribution in [2.24, 2.45) is 0 Å². The molecule has 6 nitrogen and oxygen atoms in total. The largest absolute Gasteiger partial charge is 0.508 e. The van der Waals surface area contributed by atoms with E-state index in [0.29, 0.717) is 16.9 Å². The van der Waals surface area contributed by atoms with Gasteiger partial charge < -0.3 is 15.7 Å². The molecular weight excluding hydrogens is 292 g/mol. The summed E-state index contributed by atoms with van der Waals surface area (Å²) in [4.78, 5) is 12.0. The molecule has 0 aliphatic rings. The molecule has 0 spiro atoms. The van der Waals surface area contributed by atoms with E-state index < -0.39 is 5.91 Å². The zero-order valence-electron chi connectivity index (χ0n) is 11.9. The molecule has 3 N–H and O–H groups in total. The number of nitrogens with one attached hydrogen (secondary N) is 2. The number of rotatable bonds is 4. The third-order valence-corrected chi connectivity index (χ3v) is 2.91. The SMILES string of the molecule is N#C/C(=C/Nc1ccccc1C#N)C(=O)Nc1ccc(O)cc1. The number of hydrogen-bond acceptors (Lipinski definition) is 5. The molecule has 0 radical (unpaired) electrons. The Labute approximate surface area is 132 Å². The predicted molar refractivity (Wildman–Crippen MR) is 85.2 cm³/mol. The lowest BCUT2D eigenvalue weighted by Crippen LogP contribution is -2.14. The number of aromatic hydroxyl groups is 1. The first-order valence-corrected chi connectivity index (χ1v) is 6.60. The van der Waals surface area contributed by atoms with Gasteiger partial charge in [-0.1, -0.05) is 12.1 Å². The van der Waals surface area contributed by atoms with Gasteiger partial charge in [0, 0.05) is 11.9 Å². The second-order valence-corrected chi connectivity index (χ2v) is 4.47. The lowest BCUT2D eigenvalue weighted by molar-refractivity contribution is -0.112. The van der Waals surface area contributed by atoms with Crippen LogP contribution in [0.15, 0.2) is 60.3 Å². The molecule has 2 aromatic carbocycles. The summed E-state index contributed by atoms with van der Waals surface area (Å²) in [5.74, 6) is -0.519. The Hall–Kier alpha value is -3.77. The van der Waals surface area contributed by atoms with Crippen LogP contribution in [-0.4, -0.2) is 11.0 Å². The molecule has 23 heavy (non-hydrogen) atoms. The Balaban J connectivity index is 2.12. The first-order valence-electron chi connectivity index (χ1n) is 6.60. The zero-order chi connectivity index (χ0) is 16.7. The predicted octanol–water partition coefficient (Wildman–Crippen LogP) is 2.72. The van der Waals surface area contributed by atoms with Gasteiger partial charge in [0.2, 0.25) is 0 Å². The quantitative estimate of drug-likeness (QED) is 0.457. The average molecular weight is 304 g/mol. The molecule has 0 saturated heterocycles. The number of nitrogens with zero attached hydrogens (tertiary/aromatic N) is 2. The number of carbonyl (C=O) groups is 1. The smallest absolute Gasteiger partial charge is 0.267 e. The third-order valence-electron chi connectivity index (χ3n) is 2.91. The van der Waals surface area contributed by atoms with Gasteiger partial charge in [0.05, 0.1) is 11.3 Å². The molecule has 0 atom stereocenters. The van der Waals surface area contributed by atoms with Gasteiger partial charge in [0.15, 0.2) is 0 Å². The van der Waals surface area contributed by atoms with Crippen molar-refractivity contribution in [3.63, 3.8) is 0 Å². The number of amides is 1. The molecular formula is C17H12N4O2. The highest BCUT2D eigenvalue weighted by molar-refractivity contribution is 6.06. The van der Waals surface area contributed by atoms with Gasteiger partial charge in [-0.2, -0.15) is 10.5 Å². The van der Waals surface area contributed by atoms with Gasteiger partial charge in [-0.05, 0) is 36.4 Å². The van der Waals surface area contributed by atoms with Crippen molar-refractivity contribution < 1.29 is 9.90 Å². The van der Waals surface area contributed by atoms with Crippen LogP contribution in [-0.2, 0) is 4.79 Å². The summed E-state index contributed by atoms with van der Waals surface area (Å²) >= 11 is 0. The van der Waals surface area contributed by atoms with E-state index in [0.717, 1.165) is 0 Å². The molecule has 2 aromatic rings. The summed E-state index contributed by atoms with van der Waals surface area (Å²) in [6, 6.07) is 16.4. The molecule has 0 fully saturated rings. The van der Waals surface area contributed by atoms with E-state index in [4.69, 9.17) is 10.5 Å². The molecule has 0 saturated carbocycles. The average Bonchev–Trinajstić information content (AvgIpc) is 2.58. The van der Waals surface area contributed by atoms with Gasteiger partial charge in [-0.15, -0.1) is 0 Å². The molecule has 2 rings (SSSR count). The molecule has 112 valence electrons. The summed E-state index contributed by atoms with van der Waals surface area (Å²) in [7, 11) is 0. The van der Waals surface area contributed by atoms with Crippen LogP contribution in [0.4, 0.5) is 11.4 Å². The minimum absolute atomic E-state index is 0.0776. The van der Waals surface area contributed by atoms with E-state index in [1.807, 2.05) is 6.07 Å². The van der Waals surface area contributed by atoms with Crippen molar-refractivity contribution in [3.8, 4) is 17.9 Å². The molecule has 0 aromatic heterocycles. The third kappa shape index (κ3) is 4.10. The Morgan fingerprint density at radius 3 is 2.43 bits per heavy atom. The fraction of sp³-hybridized carbons (Fsp3) is 0. The fourth-order valence-corrected chi connectivity index (χ4v) is 1.75. The van der Waals surface area contributed by atoms with Crippen molar-refractivity contribution in [2.45, 2.75) is 0 Å². The topological polar surface area (TPSA) is 109 Å². The van der Waals surface area contributed by atoms with Crippen LogP contribution < -0.4 is 10.6 Å². The van der Waals surface area contributed by atoms with E-state index >= 15 is 0 Å². The maximum Gasteiger partial charge on any atom is 0.267 e. The van der Waals surface area contributed by atoms with E-state index in [-0.39, 0.29) is 11.3 Å². The Kier molecular flexibility index (Phi) is 4.96. The van der Waals surface area contributed by atoms with E-state index in [9.17, 15) is 9.90 Å². The lowest BCUT2D eigenvalue weighted by Gasteiger charge is -2.06. The van der Waals surface area contributed by atoms with E-state index in [1.165, 1.54) is 30.5 Å². The summed E-state index contributed by atoms with van der Waals surface area (Å²) in [6.45, 7) is 0. The first-order chi connectivity index (χ1) is 11.1. The van der Waals surface area contributed by atoms with Crippen LogP contribution in [0.2, 0.25) is 0 Å². The molecule has 0 heterocycles. The van der Waals surface area contributed by atoms with E-state index in [1.54, 1.807) is 30.3 Å². The van der Waals surface area contributed by atoms with Crippen molar-refractivity contribution in [3.05, 3.63) is 65.9 Å². The molecule has 0 bridgehead atoms. The van der Waals surface area contributed by atoms with Crippen LogP contribution in [0.25, 0.3) is 0 Å². The van der Waals surface area contributed by atoms with Crippen molar-refractivity contribution >= 4 is 17.3 Å². The number of phenols is 1. The number of benzene rings is 2. The molecule has 0 aliphatic carbocycles. The lowest BCUT2D eigenvalue weighted by atomic mass is 10.2. The van der Waals surface area contributed by atoms with Crippen LogP contribution in [0, 0.1) is 22.7 Å². The minimum atomic E-state index is -0.597. The summed E-state index contributed by atoms with van der Waals surface area (Å²) in [5.41, 5.74) is 1.21. The summed E-state index contributed by atoms with van der Waals surface area (Å²) in [5, 5.41) is 32.6. The molecule has 6 heteroatoms. The number of para-hydroxylation sites is 1. The molecule has 0 aliphatic heterocycles. The van der Waals surface area contributed by atoms with Crippen molar-refractivity contribution in [1.82, 2.24) is 0 Å². The minimum Gasteiger partial charge on any atom is -0.508 e.